The molecule has 0 saturated heterocycles. The van der Waals surface area contributed by atoms with Gasteiger partial charge in [0.25, 0.3) is 0 Å². The van der Waals surface area contributed by atoms with Crippen molar-refractivity contribution in [3.63, 3.8) is 0 Å². The Balaban J connectivity index is 3.39. The summed E-state index contributed by atoms with van der Waals surface area (Å²) in [5, 5.41) is 8.97. The quantitative estimate of drug-likeness (QED) is 0.871. The van der Waals surface area contributed by atoms with Crippen molar-refractivity contribution in [1.29, 1.82) is 0 Å². The summed E-state index contributed by atoms with van der Waals surface area (Å²) in [5.74, 6) is 0.0530. The third-order valence-corrected chi connectivity index (χ3v) is 2.42. The van der Waals surface area contributed by atoms with Crippen LogP contribution in [0.25, 0.3) is 0 Å². The van der Waals surface area contributed by atoms with Gasteiger partial charge >= 0.3 is 0 Å². The molecule has 0 unspecified atom stereocenters. The van der Waals surface area contributed by atoms with E-state index in [0.29, 0.717) is 21.3 Å². The zero-order valence-corrected chi connectivity index (χ0v) is 8.98. The predicted molar refractivity (Wildman–Crippen MR) is 51.3 cm³/mol. The van der Waals surface area contributed by atoms with Crippen LogP contribution in [0.15, 0.2) is 10.5 Å². The second kappa shape index (κ2) is 4.07. The molecule has 1 aromatic rings. The summed E-state index contributed by atoms with van der Waals surface area (Å²) in [6.07, 6.45) is 0. The molecule has 0 amide bonds. The molecule has 1 rings (SSSR count). The van der Waals surface area contributed by atoms with Gasteiger partial charge in [0.2, 0.25) is 0 Å². The number of rotatable bonds is 2. The molecule has 0 aliphatic heterocycles. The molecule has 0 radical (unpaired) electrons. The summed E-state index contributed by atoms with van der Waals surface area (Å²) in [4.78, 5) is 0. The van der Waals surface area contributed by atoms with E-state index in [1.165, 1.54) is 13.2 Å². The maximum Gasteiger partial charge on any atom is 0.143 e. The van der Waals surface area contributed by atoms with Crippen molar-refractivity contribution in [2.24, 2.45) is 0 Å². The van der Waals surface area contributed by atoms with Crippen LogP contribution in [-0.4, -0.2) is 12.2 Å². The molecule has 13 heavy (non-hydrogen) atoms. The van der Waals surface area contributed by atoms with Crippen molar-refractivity contribution >= 4 is 15.9 Å². The molecule has 72 valence electrons. The highest BCUT2D eigenvalue weighted by Gasteiger charge is 2.13. The maximum absolute atomic E-state index is 13.3. The Labute approximate surface area is 84.5 Å². The minimum absolute atomic E-state index is 0.164. The molecule has 0 spiro atoms. The van der Waals surface area contributed by atoms with Crippen LogP contribution in [0.5, 0.6) is 5.75 Å². The van der Waals surface area contributed by atoms with Crippen LogP contribution < -0.4 is 4.74 Å². The van der Waals surface area contributed by atoms with E-state index < -0.39 is 0 Å². The van der Waals surface area contributed by atoms with Crippen molar-refractivity contribution < 1.29 is 14.2 Å². The third-order valence-electron chi connectivity index (χ3n) is 1.85. The zero-order chi connectivity index (χ0) is 10.0. The van der Waals surface area contributed by atoms with E-state index in [4.69, 9.17) is 9.84 Å². The summed E-state index contributed by atoms with van der Waals surface area (Å²) in [6.45, 7) is 1.45. The number of aliphatic hydroxyl groups excluding tert-OH is 1. The van der Waals surface area contributed by atoms with Gasteiger partial charge in [-0.1, -0.05) is 0 Å². The van der Waals surface area contributed by atoms with Gasteiger partial charge in [-0.25, -0.2) is 4.39 Å². The van der Waals surface area contributed by atoms with Gasteiger partial charge < -0.3 is 9.84 Å². The van der Waals surface area contributed by atoms with Gasteiger partial charge in [0.15, 0.2) is 0 Å². The normalized spacial score (nSPS) is 10.2. The maximum atomic E-state index is 13.3. The highest BCUT2D eigenvalue weighted by molar-refractivity contribution is 9.10. The second-order valence-electron chi connectivity index (χ2n) is 2.65. The number of hydrogen-bond acceptors (Lipinski definition) is 2. The number of aliphatic hydroxyl groups is 1. The molecule has 1 N–H and O–H groups in total. The second-order valence-corrected chi connectivity index (χ2v) is 3.50. The highest BCUT2D eigenvalue weighted by Crippen LogP contribution is 2.31. The lowest BCUT2D eigenvalue weighted by atomic mass is 10.1. The summed E-state index contributed by atoms with van der Waals surface area (Å²) in [5.41, 5.74) is 0.981. The lowest BCUT2D eigenvalue weighted by Crippen LogP contribution is -1.98. The largest absolute Gasteiger partial charge is 0.496 e. The van der Waals surface area contributed by atoms with Gasteiger partial charge in [-0.2, -0.15) is 0 Å². The third kappa shape index (κ3) is 1.84. The lowest BCUT2D eigenvalue weighted by molar-refractivity contribution is 0.272. The van der Waals surface area contributed by atoms with Crippen LogP contribution in [-0.2, 0) is 6.61 Å². The first-order valence-corrected chi connectivity index (χ1v) is 4.53. The lowest BCUT2D eigenvalue weighted by Gasteiger charge is -2.11. The fraction of sp³-hybridized carbons (Fsp3) is 0.333. The van der Waals surface area contributed by atoms with E-state index in [1.807, 2.05) is 0 Å². The Kier molecular flexibility index (Phi) is 3.27. The van der Waals surface area contributed by atoms with Gasteiger partial charge in [-0.3, -0.25) is 0 Å². The average molecular weight is 249 g/mol. The summed E-state index contributed by atoms with van der Waals surface area (Å²) >= 11 is 3.06. The minimum atomic E-state index is -0.353. The molecular weight excluding hydrogens is 239 g/mol. The topological polar surface area (TPSA) is 29.5 Å². The molecule has 0 aromatic heterocycles. The van der Waals surface area contributed by atoms with Gasteiger partial charge in [-0.15, -0.1) is 0 Å². The minimum Gasteiger partial charge on any atom is -0.496 e. The Bertz CT molecular complexity index is 326. The molecule has 0 aliphatic rings. The van der Waals surface area contributed by atoms with Crippen molar-refractivity contribution in [2.75, 3.05) is 7.11 Å². The molecule has 0 heterocycles. The van der Waals surface area contributed by atoms with E-state index in [2.05, 4.69) is 15.9 Å². The summed E-state index contributed by atoms with van der Waals surface area (Å²) in [7, 11) is 1.45. The van der Waals surface area contributed by atoms with Crippen LogP contribution in [0.4, 0.5) is 4.39 Å². The monoisotopic (exact) mass is 248 g/mol. The number of ether oxygens (including phenoxy) is 1. The summed E-state index contributed by atoms with van der Waals surface area (Å²) in [6, 6.07) is 1.52. The van der Waals surface area contributed by atoms with E-state index in [-0.39, 0.29) is 12.4 Å². The van der Waals surface area contributed by atoms with Gasteiger partial charge in [0.1, 0.15) is 11.6 Å². The molecule has 0 aliphatic carbocycles. The van der Waals surface area contributed by atoms with Gasteiger partial charge in [0, 0.05) is 11.1 Å². The average Bonchev–Trinajstić information content (AvgIpc) is 2.13. The first kappa shape index (κ1) is 10.5. The molecule has 2 nitrogen and oxygen atoms in total. The smallest absolute Gasteiger partial charge is 0.143 e. The van der Waals surface area contributed by atoms with Crippen molar-refractivity contribution in [1.82, 2.24) is 0 Å². The van der Waals surface area contributed by atoms with Gasteiger partial charge in [-0.05, 0) is 28.9 Å². The highest BCUT2D eigenvalue weighted by atomic mass is 79.9. The number of methoxy groups -OCH3 is 1. The van der Waals surface area contributed by atoms with Crippen LogP contribution in [0, 0.1) is 12.7 Å². The number of halogens is 2. The molecule has 0 saturated carbocycles. The standard InChI is InChI=1S/C9H10BrFO2/c1-5-8(11)7(10)3-6(4-12)9(5)13-2/h3,12H,4H2,1-2H3. The predicted octanol–water partition coefficient (Wildman–Crippen LogP) is 2.40. The van der Waals surface area contributed by atoms with Crippen molar-refractivity contribution in [3.8, 4) is 5.75 Å². The van der Waals surface area contributed by atoms with Crippen LogP contribution in [0.3, 0.4) is 0 Å². The zero-order valence-electron chi connectivity index (χ0n) is 7.40. The molecule has 4 heteroatoms. The van der Waals surface area contributed by atoms with Crippen molar-refractivity contribution in [2.45, 2.75) is 13.5 Å². The van der Waals surface area contributed by atoms with Crippen LogP contribution >= 0.6 is 15.9 Å². The molecule has 0 atom stereocenters. The van der Waals surface area contributed by atoms with Crippen molar-refractivity contribution in [3.05, 3.63) is 27.5 Å². The van der Waals surface area contributed by atoms with Crippen LogP contribution in [0.2, 0.25) is 0 Å². The Morgan fingerprint density at radius 1 is 1.62 bits per heavy atom. The summed E-state index contributed by atoms with van der Waals surface area (Å²) < 4.78 is 18.6. The van der Waals surface area contributed by atoms with E-state index in [1.54, 1.807) is 6.92 Å². The van der Waals surface area contributed by atoms with E-state index in [0.717, 1.165) is 0 Å². The molecule has 0 bridgehead atoms. The van der Waals surface area contributed by atoms with E-state index >= 15 is 0 Å². The Hall–Kier alpha value is -0.610. The molecule has 1 aromatic carbocycles. The number of benzene rings is 1. The fourth-order valence-corrected chi connectivity index (χ4v) is 1.78. The van der Waals surface area contributed by atoms with Crippen LogP contribution in [0.1, 0.15) is 11.1 Å². The Morgan fingerprint density at radius 2 is 2.23 bits per heavy atom. The first-order chi connectivity index (χ1) is 6.11. The number of hydrogen-bond donors (Lipinski definition) is 1. The van der Waals surface area contributed by atoms with Gasteiger partial charge in [0.05, 0.1) is 18.2 Å². The molecular formula is C9H10BrFO2. The van der Waals surface area contributed by atoms with E-state index in [9.17, 15) is 4.39 Å². The Morgan fingerprint density at radius 3 is 2.69 bits per heavy atom. The first-order valence-electron chi connectivity index (χ1n) is 3.74. The molecule has 0 fully saturated rings. The fourth-order valence-electron chi connectivity index (χ4n) is 1.20. The SMILES string of the molecule is COc1c(CO)cc(Br)c(F)c1C.